The van der Waals surface area contributed by atoms with E-state index in [1.165, 1.54) is 5.56 Å². The van der Waals surface area contributed by atoms with Crippen molar-refractivity contribution < 1.29 is 9.47 Å². The van der Waals surface area contributed by atoms with E-state index in [4.69, 9.17) is 9.47 Å². The van der Waals surface area contributed by atoms with E-state index in [9.17, 15) is 0 Å². The van der Waals surface area contributed by atoms with E-state index in [1.54, 1.807) is 20.4 Å². The largest absolute Gasteiger partial charge is 0.355 e. The van der Waals surface area contributed by atoms with Crippen LogP contribution in [0.4, 0.5) is 0 Å². The van der Waals surface area contributed by atoms with Crippen molar-refractivity contribution in [3.05, 3.63) is 48.3 Å². The van der Waals surface area contributed by atoms with Crippen LogP contribution >= 0.6 is 0 Å². The van der Waals surface area contributed by atoms with Crippen LogP contribution < -0.4 is 5.32 Å². The fourth-order valence-corrected chi connectivity index (χ4v) is 1.88. The summed E-state index contributed by atoms with van der Waals surface area (Å²) in [5.74, 6) is 0. The molecule has 1 aromatic heterocycles. The fourth-order valence-electron chi connectivity index (χ4n) is 1.88. The summed E-state index contributed by atoms with van der Waals surface area (Å²) in [5, 5.41) is 7.58. The van der Waals surface area contributed by atoms with Crippen molar-refractivity contribution in [3.8, 4) is 5.69 Å². The first-order chi connectivity index (χ1) is 9.35. The normalized spacial score (nSPS) is 11.1. The Bertz CT molecular complexity index is 481. The molecule has 0 unspecified atom stereocenters. The maximum absolute atomic E-state index is 5.14. The van der Waals surface area contributed by atoms with Crippen LogP contribution in [0.15, 0.2) is 42.7 Å². The maximum Gasteiger partial charge on any atom is 0.169 e. The fraction of sp³-hybridized carbons (Fsp3) is 0.357. The van der Waals surface area contributed by atoms with Gasteiger partial charge in [-0.1, -0.05) is 18.2 Å². The number of methoxy groups -OCH3 is 2. The first kappa shape index (κ1) is 13.7. The number of nitrogens with zero attached hydrogens (tertiary/aromatic N) is 2. The molecule has 0 saturated carbocycles. The van der Waals surface area contributed by atoms with Crippen molar-refractivity contribution in [3.63, 3.8) is 0 Å². The molecule has 0 aliphatic rings. The molecular weight excluding hydrogens is 242 g/mol. The summed E-state index contributed by atoms with van der Waals surface area (Å²) >= 11 is 0. The molecule has 0 atom stereocenters. The van der Waals surface area contributed by atoms with Gasteiger partial charge in [-0.2, -0.15) is 5.10 Å². The van der Waals surface area contributed by atoms with E-state index in [0.29, 0.717) is 6.54 Å². The summed E-state index contributed by atoms with van der Waals surface area (Å²) in [6.45, 7) is 1.37. The van der Waals surface area contributed by atoms with E-state index in [2.05, 4.69) is 16.5 Å². The predicted octanol–water partition coefficient (Wildman–Crippen LogP) is 1.58. The summed E-state index contributed by atoms with van der Waals surface area (Å²) in [4.78, 5) is 0. The van der Waals surface area contributed by atoms with Crippen LogP contribution in [0, 0.1) is 0 Å². The average Bonchev–Trinajstić information content (AvgIpc) is 2.98. The topological polar surface area (TPSA) is 48.3 Å². The molecule has 102 valence electrons. The molecule has 1 aromatic carbocycles. The number of aromatic nitrogens is 2. The molecule has 0 aliphatic carbocycles. The van der Waals surface area contributed by atoms with Gasteiger partial charge in [0.15, 0.2) is 6.29 Å². The van der Waals surface area contributed by atoms with Gasteiger partial charge in [-0.15, -0.1) is 0 Å². The SMILES string of the molecule is COC(CNCc1ccccc1-n1cccn1)OC. The summed E-state index contributed by atoms with van der Waals surface area (Å²) in [5.41, 5.74) is 2.25. The summed E-state index contributed by atoms with van der Waals surface area (Å²) in [6.07, 6.45) is 3.49. The molecule has 2 aromatic rings. The Kier molecular flexibility index (Phi) is 5.09. The lowest BCUT2D eigenvalue weighted by atomic mass is 10.2. The highest BCUT2D eigenvalue weighted by molar-refractivity contribution is 5.40. The van der Waals surface area contributed by atoms with Crippen LogP contribution in [0.5, 0.6) is 0 Å². The van der Waals surface area contributed by atoms with E-state index in [1.807, 2.05) is 35.1 Å². The minimum absolute atomic E-state index is 0.225. The molecule has 19 heavy (non-hydrogen) atoms. The minimum atomic E-state index is -0.225. The molecular formula is C14H19N3O2. The highest BCUT2D eigenvalue weighted by atomic mass is 16.7. The molecule has 0 bridgehead atoms. The molecule has 5 heteroatoms. The minimum Gasteiger partial charge on any atom is -0.355 e. The maximum atomic E-state index is 5.14. The van der Waals surface area contributed by atoms with Crippen LogP contribution in [0.1, 0.15) is 5.56 Å². The van der Waals surface area contributed by atoms with Gasteiger partial charge < -0.3 is 14.8 Å². The highest BCUT2D eigenvalue weighted by Crippen LogP contribution is 2.13. The smallest absolute Gasteiger partial charge is 0.169 e. The Morgan fingerprint density at radius 1 is 1.21 bits per heavy atom. The van der Waals surface area contributed by atoms with Gasteiger partial charge in [0.25, 0.3) is 0 Å². The predicted molar refractivity (Wildman–Crippen MR) is 73.1 cm³/mol. The third-order valence-corrected chi connectivity index (χ3v) is 2.90. The molecule has 0 spiro atoms. The second kappa shape index (κ2) is 7.04. The monoisotopic (exact) mass is 261 g/mol. The van der Waals surface area contributed by atoms with Gasteiger partial charge in [-0.05, 0) is 17.7 Å². The number of rotatable bonds is 7. The van der Waals surface area contributed by atoms with Gasteiger partial charge in [0.2, 0.25) is 0 Å². The quantitative estimate of drug-likeness (QED) is 0.769. The van der Waals surface area contributed by atoms with Gasteiger partial charge in [-0.25, -0.2) is 4.68 Å². The van der Waals surface area contributed by atoms with Crippen LogP contribution in [0.3, 0.4) is 0 Å². The van der Waals surface area contributed by atoms with Crippen LogP contribution in [-0.2, 0) is 16.0 Å². The zero-order valence-electron chi connectivity index (χ0n) is 11.2. The lowest BCUT2D eigenvalue weighted by molar-refractivity contribution is -0.0989. The highest BCUT2D eigenvalue weighted by Gasteiger charge is 2.06. The average molecular weight is 261 g/mol. The second-order valence-corrected chi connectivity index (χ2v) is 4.11. The lowest BCUT2D eigenvalue weighted by Gasteiger charge is -2.15. The van der Waals surface area contributed by atoms with Crippen LogP contribution in [0.2, 0.25) is 0 Å². The molecule has 0 radical (unpaired) electrons. The summed E-state index contributed by atoms with van der Waals surface area (Å²) in [6, 6.07) is 10.1. The van der Waals surface area contributed by atoms with E-state index in [0.717, 1.165) is 12.2 Å². The molecule has 1 heterocycles. The van der Waals surface area contributed by atoms with Crippen molar-refractivity contribution in [1.29, 1.82) is 0 Å². The Morgan fingerprint density at radius 2 is 2.00 bits per heavy atom. The number of benzene rings is 1. The molecule has 0 saturated heterocycles. The molecule has 0 aliphatic heterocycles. The van der Waals surface area contributed by atoms with Gasteiger partial charge in [-0.3, -0.25) is 0 Å². The molecule has 1 N–H and O–H groups in total. The van der Waals surface area contributed by atoms with Gasteiger partial charge in [0.05, 0.1) is 5.69 Å². The van der Waals surface area contributed by atoms with Crippen molar-refractivity contribution in [2.24, 2.45) is 0 Å². The van der Waals surface area contributed by atoms with E-state index < -0.39 is 0 Å². The van der Waals surface area contributed by atoms with Crippen molar-refractivity contribution in [1.82, 2.24) is 15.1 Å². The Hall–Kier alpha value is -1.69. The van der Waals surface area contributed by atoms with Crippen molar-refractivity contribution in [2.75, 3.05) is 20.8 Å². The Balaban J connectivity index is 2.01. The van der Waals surface area contributed by atoms with Crippen LogP contribution in [0.25, 0.3) is 5.69 Å². The Morgan fingerprint density at radius 3 is 2.68 bits per heavy atom. The zero-order chi connectivity index (χ0) is 13.5. The number of para-hydroxylation sites is 1. The van der Waals surface area contributed by atoms with E-state index >= 15 is 0 Å². The van der Waals surface area contributed by atoms with Gasteiger partial charge in [0.1, 0.15) is 0 Å². The van der Waals surface area contributed by atoms with Crippen LogP contribution in [-0.4, -0.2) is 36.8 Å². The van der Waals surface area contributed by atoms with Gasteiger partial charge in [0, 0.05) is 39.7 Å². The second-order valence-electron chi connectivity index (χ2n) is 4.11. The molecule has 2 rings (SSSR count). The number of hydrogen-bond donors (Lipinski definition) is 1. The van der Waals surface area contributed by atoms with Gasteiger partial charge >= 0.3 is 0 Å². The lowest BCUT2D eigenvalue weighted by Crippen LogP contribution is -2.29. The summed E-state index contributed by atoms with van der Waals surface area (Å²) < 4.78 is 12.1. The third-order valence-electron chi connectivity index (χ3n) is 2.90. The zero-order valence-corrected chi connectivity index (χ0v) is 11.2. The third kappa shape index (κ3) is 3.64. The van der Waals surface area contributed by atoms with E-state index in [-0.39, 0.29) is 6.29 Å². The first-order valence-corrected chi connectivity index (χ1v) is 6.19. The number of ether oxygens (including phenoxy) is 2. The van der Waals surface area contributed by atoms with Crippen molar-refractivity contribution >= 4 is 0 Å². The standard InChI is InChI=1S/C14H19N3O2/c1-18-14(19-2)11-15-10-12-6-3-4-7-13(12)17-9-5-8-16-17/h3-9,14-15H,10-11H2,1-2H3. The number of hydrogen-bond acceptors (Lipinski definition) is 4. The summed E-state index contributed by atoms with van der Waals surface area (Å²) in [7, 11) is 3.26. The molecule has 0 fully saturated rings. The Labute approximate surface area is 113 Å². The van der Waals surface area contributed by atoms with Crippen molar-refractivity contribution in [2.45, 2.75) is 12.8 Å². The number of nitrogens with one attached hydrogen (secondary N) is 1. The first-order valence-electron chi connectivity index (χ1n) is 6.19. The molecule has 0 amide bonds. The molecule has 5 nitrogen and oxygen atoms in total.